The largest absolute Gasteiger partial charge is 0.297 e. The first kappa shape index (κ1) is 21.8. The second-order valence-electron chi connectivity index (χ2n) is 7.64. The molecule has 160 valence electrons. The van der Waals surface area contributed by atoms with Gasteiger partial charge in [-0.15, -0.1) is 0 Å². The van der Waals surface area contributed by atoms with E-state index in [9.17, 15) is 9.18 Å². The van der Waals surface area contributed by atoms with Gasteiger partial charge in [-0.1, -0.05) is 66.0 Å². The number of amides is 1. The van der Waals surface area contributed by atoms with Crippen LogP contribution in [0.15, 0.2) is 66.7 Å². The first-order valence-corrected chi connectivity index (χ1v) is 11.3. The lowest BCUT2D eigenvalue weighted by atomic mass is 9.99. The smallest absolute Gasteiger partial charge is 0.269 e. The van der Waals surface area contributed by atoms with Crippen LogP contribution >= 0.6 is 23.5 Å². The lowest BCUT2D eigenvalue weighted by Crippen LogP contribution is -2.50. The molecule has 0 unspecified atom stereocenters. The van der Waals surface area contributed by atoms with E-state index in [1.54, 1.807) is 19.1 Å². The van der Waals surface area contributed by atoms with Crippen molar-refractivity contribution in [2.45, 2.75) is 18.7 Å². The van der Waals surface area contributed by atoms with E-state index in [0.29, 0.717) is 10.8 Å². The average molecular weight is 456 g/mol. The van der Waals surface area contributed by atoms with E-state index in [4.69, 9.17) is 11.6 Å². The van der Waals surface area contributed by atoms with Crippen LogP contribution in [0.4, 0.5) is 4.39 Å². The molecule has 1 saturated heterocycles. The molecule has 0 atom stereocenters. The van der Waals surface area contributed by atoms with Gasteiger partial charge >= 0.3 is 0 Å². The fourth-order valence-electron chi connectivity index (χ4n) is 3.53. The number of nitrogens with one attached hydrogen (secondary N) is 2. The van der Waals surface area contributed by atoms with Crippen molar-refractivity contribution in [2.75, 3.05) is 13.1 Å². The normalized spacial score (nSPS) is 14.3. The summed E-state index contributed by atoms with van der Waals surface area (Å²) in [5.74, 6) is -0.981. The van der Waals surface area contributed by atoms with E-state index in [2.05, 4.69) is 15.2 Å². The highest BCUT2D eigenvalue weighted by Gasteiger charge is 2.27. The zero-order valence-corrected chi connectivity index (χ0v) is 18.6. The maximum atomic E-state index is 14.6. The minimum atomic E-state index is -0.498. The van der Waals surface area contributed by atoms with Crippen LogP contribution < -0.4 is 10.3 Å². The van der Waals surface area contributed by atoms with Gasteiger partial charge in [0.2, 0.25) is 0 Å². The van der Waals surface area contributed by atoms with Crippen LogP contribution in [0.1, 0.15) is 21.5 Å². The number of benzene rings is 3. The van der Waals surface area contributed by atoms with Gasteiger partial charge in [0.15, 0.2) is 0 Å². The van der Waals surface area contributed by atoms with Crippen LogP contribution in [0, 0.1) is 12.7 Å². The number of likely N-dealkylation sites (tertiary alicyclic amines) is 1. The van der Waals surface area contributed by atoms with Gasteiger partial charge in [-0.2, -0.15) is 4.83 Å². The molecule has 0 aliphatic carbocycles. The zero-order valence-electron chi connectivity index (χ0n) is 17.1. The van der Waals surface area contributed by atoms with Crippen molar-refractivity contribution in [3.63, 3.8) is 0 Å². The summed E-state index contributed by atoms with van der Waals surface area (Å²) in [5.41, 5.74) is 6.07. The molecule has 2 N–H and O–H groups in total. The average Bonchev–Trinajstić information content (AvgIpc) is 2.75. The highest BCUT2D eigenvalue weighted by atomic mass is 35.5. The maximum absolute atomic E-state index is 14.6. The molecule has 1 aliphatic heterocycles. The third-order valence-corrected chi connectivity index (χ3v) is 6.34. The predicted octanol–water partition coefficient (Wildman–Crippen LogP) is 5.22. The van der Waals surface area contributed by atoms with Crippen molar-refractivity contribution in [2.24, 2.45) is 0 Å². The highest BCUT2D eigenvalue weighted by molar-refractivity contribution is 7.98. The number of halogens is 2. The van der Waals surface area contributed by atoms with Crippen molar-refractivity contribution in [1.82, 2.24) is 15.2 Å². The molecule has 0 radical (unpaired) electrons. The summed E-state index contributed by atoms with van der Waals surface area (Å²) in [6.45, 7) is 4.36. The van der Waals surface area contributed by atoms with Gasteiger partial charge in [0.25, 0.3) is 5.91 Å². The Kier molecular flexibility index (Phi) is 6.92. The molecule has 3 aromatic rings. The SMILES string of the molecule is Cc1cc(-c2ccccc2)cc(C(=O)NNSC2CN(Cc3ccc(Cl)cc3)C2)c1F. The Morgan fingerprint density at radius 3 is 2.52 bits per heavy atom. The Balaban J connectivity index is 1.28. The number of hydrogen-bond donors (Lipinski definition) is 2. The summed E-state index contributed by atoms with van der Waals surface area (Å²) in [7, 11) is 0. The molecule has 31 heavy (non-hydrogen) atoms. The number of hydrogen-bond acceptors (Lipinski definition) is 4. The summed E-state index contributed by atoms with van der Waals surface area (Å²) >= 11 is 7.37. The first-order valence-electron chi connectivity index (χ1n) is 10.0. The van der Waals surface area contributed by atoms with E-state index in [1.807, 2.05) is 54.6 Å². The maximum Gasteiger partial charge on any atom is 0.269 e. The van der Waals surface area contributed by atoms with Crippen LogP contribution in [0.25, 0.3) is 11.1 Å². The van der Waals surface area contributed by atoms with Gasteiger partial charge in [0, 0.05) is 29.9 Å². The molecule has 1 heterocycles. The number of rotatable bonds is 7. The van der Waals surface area contributed by atoms with Crippen LogP contribution in [0.2, 0.25) is 5.02 Å². The van der Waals surface area contributed by atoms with Gasteiger partial charge in [-0.25, -0.2) is 4.39 Å². The molecule has 0 spiro atoms. The van der Waals surface area contributed by atoms with E-state index in [-0.39, 0.29) is 5.56 Å². The fraction of sp³-hybridized carbons (Fsp3) is 0.208. The molecule has 4 nitrogen and oxygen atoms in total. The minimum absolute atomic E-state index is 0.0323. The lowest BCUT2D eigenvalue weighted by molar-refractivity contribution is 0.0942. The Bertz CT molecular complexity index is 1060. The van der Waals surface area contributed by atoms with Crippen LogP contribution in [-0.4, -0.2) is 29.1 Å². The third kappa shape index (κ3) is 5.46. The molecule has 4 rings (SSSR count). The summed E-state index contributed by atoms with van der Waals surface area (Å²) in [5, 5.41) is 1.09. The highest BCUT2D eigenvalue weighted by Crippen LogP contribution is 2.25. The molecule has 7 heteroatoms. The van der Waals surface area contributed by atoms with Crippen LogP contribution in [0.5, 0.6) is 0 Å². The third-order valence-electron chi connectivity index (χ3n) is 5.24. The Morgan fingerprint density at radius 2 is 1.81 bits per heavy atom. The second-order valence-corrected chi connectivity index (χ2v) is 9.18. The minimum Gasteiger partial charge on any atom is -0.297 e. The summed E-state index contributed by atoms with van der Waals surface area (Å²) < 4.78 is 14.6. The van der Waals surface area contributed by atoms with Gasteiger partial charge < -0.3 is 0 Å². The zero-order chi connectivity index (χ0) is 21.8. The van der Waals surface area contributed by atoms with Crippen LogP contribution in [-0.2, 0) is 6.54 Å². The summed E-state index contributed by atoms with van der Waals surface area (Å²) in [6.07, 6.45) is 0. The van der Waals surface area contributed by atoms with E-state index in [0.717, 1.165) is 35.8 Å². The topological polar surface area (TPSA) is 44.4 Å². The standard InChI is InChI=1S/C24H23ClFN3OS/c1-16-11-19(18-5-3-2-4-6-18)12-22(23(16)26)24(30)27-28-31-21-14-29(15-21)13-17-7-9-20(25)10-8-17/h2-12,21,28H,13-15H2,1H3,(H,27,30). The second kappa shape index (κ2) is 9.83. The van der Waals surface area contributed by atoms with Crippen LogP contribution in [0.3, 0.4) is 0 Å². The molecular formula is C24H23ClFN3OS. The number of hydrazine groups is 1. The monoisotopic (exact) mass is 455 g/mol. The van der Waals surface area contributed by atoms with Gasteiger partial charge in [-0.3, -0.25) is 15.1 Å². The van der Waals surface area contributed by atoms with E-state index < -0.39 is 11.7 Å². The molecule has 0 saturated carbocycles. The number of nitrogens with zero attached hydrogens (tertiary/aromatic N) is 1. The first-order chi connectivity index (χ1) is 15.0. The number of carbonyl (C=O) groups is 1. The van der Waals surface area contributed by atoms with Crippen molar-refractivity contribution >= 4 is 29.5 Å². The Morgan fingerprint density at radius 1 is 1.10 bits per heavy atom. The molecule has 1 amide bonds. The van der Waals surface area contributed by atoms with Crippen molar-refractivity contribution in [1.29, 1.82) is 0 Å². The Hall–Kier alpha value is -2.38. The predicted molar refractivity (Wildman–Crippen MR) is 125 cm³/mol. The molecule has 3 aromatic carbocycles. The summed E-state index contributed by atoms with van der Waals surface area (Å²) in [4.78, 5) is 17.8. The lowest BCUT2D eigenvalue weighted by Gasteiger charge is -2.38. The van der Waals surface area contributed by atoms with E-state index >= 15 is 0 Å². The molecule has 0 bridgehead atoms. The quantitative estimate of drug-likeness (QED) is 0.378. The molecule has 1 aliphatic rings. The molecule has 0 aromatic heterocycles. The van der Waals surface area contributed by atoms with Crippen molar-refractivity contribution < 1.29 is 9.18 Å². The fourth-order valence-corrected chi connectivity index (χ4v) is 4.55. The van der Waals surface area contributed by atoms with Gasteiger partial charge in [-0.05, 0) is 53.4 Å². The van der Waals surface area contributed by atoms with Crippen molar-refractivity contribution in [3.8, 4) is 11.1 Å². The number of aryl methyl sites for hydroxylation is 1. The Labute approximate surface area is 190 Å². The molecular weight excluding hydrogens is 433 g/mol. The van der Waals surface area contributed by atoms with E-state index in [1.165, 1.54) is 17.5 Å². The van der Waals surface area contributed by atoms with Gasteiger partial charge in [0.05, 0.1) is 5.56 Å². The van der Waals surface area contributed by atoms with Gasteiger partial charge in [0.1, 0.15) is 5.82 Å². The van der Waals surface area contributed by atoms with Crippen molar-refractivity contribution in [3.05, 3.63) is 94.3 Å². The summed E-state index contributed by atoms with van der Waals surface area (Å²) in [6, 6.07) is 20.8. The number of carbonyl (C=O) groups excluding carboxylic acids is 1. The molecule has 1 fully saturated rings.